The fourth-order valence-electron chi connectivity index (χ4n) is 7.92. The van der Waals surface area contributed by atoms with E-state index in [0.29, 0.717) is 30.5 Å². The fraction of sp³-hybridized carbons (Fsp3) is 0.514. The molecule has 44 heavy (non-hydrogen) atoms. The van der Waals surface area contributed by atoms with Crippen LogP contribution < -0.4 is 9.80 Å². The van der Waals surface area contributed by atoms with Crippen LogP contribution in [0.2, 0.25) is 0 Å². The number of carbonyl (C=O) groups excluding carboxylic acids is 3. The molecule has 0 radical (unpaired) electrons. The number of amides is 2. The zero-order valence-electron chi connectivity index (χ0n) is 26.3. The van der Waals surface area contributed by atoms with Gasteiger partial charge in [0.25, 0.3) is 5.91 Å². The summed E-state index contributed by atoms with van der Waals surface area (Å²) >= 11 is 0. The molecule has 2 amide bonds. The van der Waals surface area contributed by atoms with Crippen LogP contribution in [0.15, 0.2) is 67.3 Å². The van der Waals surface area contributed by atoms with E-state index >= 15 is 0 Å². The van der Waals surface area contributed by atoms with Crippen LogP contribution in [0.5, 0.6) is 0 Å². The van der Waals surface area contributed by atoms with Gasteiger partial charge in [-0.2, -0.15) is 0 Å². The quantitative estimate of drug-likeness (QED) is 0.266. The number of esters is 1. The molecule has 0 aliphatic carbocycles. The van der Waals surface area contributed by atoms with Crippen LogP contribution in [0.4, 0.5) is 11.4 Å². The minimum Gasteiger partial charge on any atom is -0.466 e. The molecule has 3 saturated heterocycles. The average Bonchev–Trinajstić information content (AvgIpc) is 3.65. The summed E-state index contributed by atoms with van der Waals surface area (Å²) in [5.74, 6) is -2.92. The summed E-state index contributed by atoms with van der Waals surface area (Å²) in [4.78, 5) is 48.6. The van der Waals surface area contributed by atoms with E-state index < -0.39 is 47.7 Å². The van der Waals surface area contributed by atoms with Gasteiger partial charge in [-0.3, -0.25) is 14.4 Å². The van der Waals surface area contributed by atoms with Crippen molar-refractivity contribution in [3.8, 4) is 0 Å². The van der Waals surface area contributed by atoms with Gasteiger partial charge in [0.1, 0.15) is 17.6 Å². The third kappa shape index (κ3) is 4.90. The van der Waals surface area contributed by atoms with E-state index in [1.165, 1.54) is 4.90 Å². The lowest BCUT2D eigenvalue weighted by molar-refractivity contribution is -0.161. The number of aliphatic hydroxyl groups is 1. The fourth-order valence-corrected chi connectivity index (χ4v) is 7.92. The van der Waals surface area contributed by atoms with Gasteiger partial charge in [-0.05, 0) is 69.9 Å². The van der Waals surface area contributed by atoms with Gasteiger partial charge >= 0.3 is 5.97 Å². The van der Waals surface area contributed by atoms with Crippen molar-refractivity contribution < 1.29 is 29.0 Å². The van der Waals surface area contributed by atoms with Gasteiger partial charge in [0.15, 0.2) is 0 Å². The number of nitrogens with zero attached hydrogens (tertiary/aromatic N) is 3. The molecule has 5 rings (SSSR count). The minimum atomic E-state index is -1.25. The third-order valence-electron chi connectivity index (χ3n) is 9.95. The molecule has 9 nitrogen and oxygen atoms in total. The highest BCUT2D eigenvalue weighted by atomic mass is 16.6. The van der Waals surface area contributed by atoms with E-state index in [4.69, 9.17) is 9.47 Å². The maximum absolute atomic E-state index is 15.0. The minimum absolute atomic E-state index is 0.176. The van der Waals surface area contributed by atoms with Gasteiger partial charge in [-0.25, -0.2) is 0 Å². The summed E-state index contributed by atoms with van der Waals surface area (Å²) in [6.45, 7) is 13.5. The SMILES string of the molecule is C=CCN(C(=O)C1N([C@H](CO)c2ccccc2)C(=O)[C@@H]2[C@@H](C(=O)OCC)[C@@]3(CC)CCC12O3)c1ccc(N(CC)CC)cc1. The predicted octanol–water partition coefficient (Wildman–Crippen LogP) is 4.50. The molecule has 1 N–H and O–H groups in total. The van der Waals surface area contributed by atoms with E-state index in [1.807, 2.05) is 61.5 Å². The molecular formula is C35H45N3O6. The molecule has 2 aromatic carbocycles. The number of ether oxygens (including phenoxy) is 2. The number of hydrogen-bond acceptors (Lipinski definition) is 7. The third-order valence-corrected chi connectivity index (χ3v) is 9.95. The first kappa shape index (κ1) is 31.7. The van der Waals surface area contributed by atoms with Crippen LogP contribution in [-0.4, -0.2) is 77.9 Å². The molecule has 2 aromatic rings. The number of anilines is 2. The molecule has 3 aliphatic rings. The van der Waals surface area contributed by atoms with Crippen LogP contribution in [0, 0.1) is 11.8 Å². The maximum atomic E-state index is 15.0. The molecule has 1 spiro atoms. The Kier molecular flexibility index (Phi) is 9.18. The number of benzene rings is 2. The summed E-state index contributed by atoms with van der Waals surface area (Å²) in [5, 5.41) is 10.8. The van der Waals surface area contributed by atoms with Crippen LogP contribution in [-0.2, 0) is 23.9 Å². The Hall–Kier alpha value is -3.69. The maximum Gasteiger partial charge on any atom is 0.312 e. The highest BCUT2D eigenvalue weighted by Crippen LogP contribution is 2.65. The van der Waals surface area contributed by atoms with Gasteiger partial charge in [-0.15, -0.1) is 6.58 Å². The van der Waals surface area contributed by atoms with Crippen molar-refractivity contribution in [1.82, 2.24) is 4.90 Å². The second-order valence-corrected chi connectivity index (χ2v) is 11.9. The summed E-state index contributed by atoms with van der Waals surface area (Å²) in [6, 6.07) is 15.1. The van der Waals surface area contributed by atoms with Gasteiger partial charge in [0, 0.05) is 31.0 Å². The lowest BCUT2D eigenvalue weighted by Crippen LogP contribution is -2.57. The smallest absolute Gasteiger partial charge is 0.312 e. The van der Waals surface area contributed by atoms with E-state index in [2.05, 4.69) is 25.3 Å². The topological polar surface area (TPSA) is 99.6 Å². The highest BCUT2D eigenvalue weighted by molar-refractivity contribution is 6.05. The van der Waals surface area contributed by atoms with E-state index in [-0.39, 0.29) is 25.0 Å². The van der Waals surface area contributed by atoms with E-state index in [9.17, 15) is 19.5 Å². The molecule has 3 fully saturated rings. The van der Waals surface area contributed by atoms with Crippen LogP contribution in [0.25, 0.3) is 0 Å². The van der Waals surface area contributed by atoms with Crippen LogP contribution in [0.1, 0.15) is 58.6 Å². The largest absolute Gasteiger partial charge is 0.466 e. The number of rotatable bonds is 13. The summed E-state index contributed by atoms with van der Waals surface area (Å²) in [7, 11) is 0. The molecule has 6 atom stereocenters. The monoisotopic (exact) mass is 603 g/mol. The molecule has 2 unspecified atom stereocenters. The van der Waals surface area contributed by atoms with Crippen molar-refractivity contribution in [2.45, 2.75) is 70.2 Å². The molecule has 236 valence electrons. The Morgan fingerprint density at radius 3 is 2.30 bits per heavy atom. The number of carbonyl (C=O) groups is 3. The summed E-state index contributed by atoms with van der Waals surface area (Å²) < 4.78 is 12.4. The van der Waals surface area contributed by atoms with Crippen molar-refractivity contribution in [3.05, 3.63) is 72.8 Å². The molecule has 2 bridgehead atoms. The zero-order valence-corrected chi connectivity index (χ0v) is 26.3. The van der Waals surface area contributed by atoms with E-state index in [0.717, 1.165) is 18.8 Å². The van der Waals surface area contributed by atoms with Gasteiger partial charge < -0.3 is 29.3 Å². The molecule has 3 aliphatic heterocycles. The van der Waals surface area contributed by atoms with Gasteiger partial charge in [-0.1, -0.05) is 43.3 Å². The first-order valence-corrected chi connectivity index (χ1v) is 15.9. The average molecular weight is 604 g/mol. The van der Waals surface area contributed by atoms with Gasteiger partial charge in [0.2, 0.25) is 5.91 Å². The van der Waals surface area contributed by atoms with Crippen molar-refractivity contribution >= 4 is 29.2 Å². The van der Waals surface area contributed by atoms with Crippen molar-refractivity contribution in [1.29, 1.82) is 0 Å². The first-order chi connectivity index (χ1) is 21.3. The lowest BCUT2D eigenvalue weighted by Gasteiger charge is -2.39. The molecule has 9 heteroatoms. The van der Waals surface area contributed by atoms with Crippen molar-refractivity contribution in [2.24, 2.45) is 11.8 Å². The predicted molar refractivity (Wildman–Crippen MR) is 169 cm³/mol. The van der Waals surface area contributed by atoms with Crippen molar-refractivity contribution in [2.75, 3.05) is 42.6 Å². The standard InChI is InChI=1S/C35H45N3O6/c1-6-22-37(26-18-16-25(17-19-26)36(8-3)9-4)32(41)30-35-21-20-34(7-2,44-35)29(33(42)43-10-5)28(35)31(40)38(30)27(23-39)24-14-12-11-13-15-24/h6,11-19,27-30,39H,1,7-10,20-23H2,2-5H3/t27-,28+,29+,30?,34-,35?/m1/s1. The van der Waals surface area contributed by atoms with Crippen molar-refractivity contribution in [3.63, 3.8) is 0 Å². The summed E-state index contributed by atoms with van der Waals surface area (Å²) in [6.07, 6.45) is 3.14. The molecule has 3 heterocycles. The first-order valence-electron chi connectivity index (χ1n) is 15.9. The summed E-state index contributed by atoms with van der Waals surface area (Å²) in [5.41, 5.74) is 0.268. The molecule has 0 aromatic heterocycles. The number of aliphatic hydroxyl groups excluding tert-OH is 1. The highest BCUT2D eigenvalue weighted by Gasteiger charge is 2.79. The second kappa shape index (κ2) is 12.7. The normalized spacial score (nSPS) is 27.6. The Morgan fingerprint density at radius 1 is 1.07 bits per heavy atom. The zero-order chi connectivity index (χ0) is 31.6. The Bertz CT molecular complexity index is 1360. The van der Waals surface area contributed by atoms with E-state index in [1.54, 1.807) is 17.9 Å². The second-order valence-electron chi connectivity index (χ2n) is 11.9. The lowest BCUT2D eigenvalue weighted by atomic mass is 9.65. The van der Waals surface area contributed by atoms with Gasteiger partial charge in [0.05, 0.1) is 30.8 Å². The number of likely N-dealkylation sites (tertiary alicyclic amines) is 1. The Labute approximate surface area is 260 Å². The number of hydrogen-bond donors (Lipinski definition) is 1. The number of fused-ring (bicyclic) bond motifs is 1. The molecule has 0 saturated carbocycles. The van der Waals surface area contributed by atoms with Crippen LogP contribution >= 0.6 is 0 Å². The Balaban J connectivity index is 1.64. The van der Waals surface area contributed by atoms with Crippen LogP contribution in [0.3, 0.4) is 0 Å². The Morgan fingerprint density at radius 2 is 1.73 bits per heavy atom. The molecular weight excluding hydrogens is 558 g/mol.